The van der Waals surface area contributed by atoms with Crippen molar-refractivity contribution >= 4 is 6.09 Å². The Hall–Kier alpha value is -2.09. The van der Waals surface area contributed by atoms with Crippen LogP contribution >= 0.6 is 0 Å². The van der Waals surface area contributed by atoms with E-state index >= 15 is 0 Å². The molecule has 1 aliphatic carbocycles. The number of amides is 1. The number of hydrogen-bond acceptors (Lipinski definition) is 4. The Morgan fingerprint density at radius 1 is 1.39 bits per heavy atom. The van der Waals surface area contributed by atoms with Crippen molar-refractivity contribution in [3.8, 4) is 6.07 Å². The van der Waals surface area contributed by atoms with E-state index in [1.165, 1.54) is 0 Å². The molecule has 23 heavy (non-hydrogen) atoms. The van der Waals surface area contributed by atoms with Crippen LogP contribution in [0.3, 0.4) is 0 Å². The van der Waals surface area contributed by atoms with Crippen molar-refractivity contribution in [3.63, 3.8) is 0 Å². The van der Waals surface area contributed by atoms with E-state index in [0.29, 0.717) is 17.4 Å². The number of aromatic nitrogens is 1. The predicted octanol–water partition coefficient (Wildman–Crippen LogP) is 3.46. The molecule has 3 fully saturated rings. The van der Waals surface area contributed by atoms with Crippen LogP contribution in [0.15, 0.2) is 18.3 Å². The van der Waals surface area contributed by atoms with E-state index in [2.05, 4.69) is 11.1 Å². The molecule has 122 valence electrons. The van der Waals surface area contributed by atoms with Crippen molar-refractivity contribution < 1.29 is 9.53 Å². The van der Waals surface area contributed by atoms with Crippen molar-refractivity contribution in [2.45, 2.75) is 57.6 Å². The highest BCUT2D eigenvalue weighted by atomic mass is 16.6. The molecule has 0 radical (unpaired) electrons. The van der Waals surface area contributed by atoms with Gasteiger partial charge >= 0.3 is 6.09 Å². The normalized spacial score (nSPS) is 26.7. The molecular weight excluding hydrogens is 290 g/mol. The minimum absolute atomic E-state index is 0.196. The van der Waals surface area contributed by atoms with Gasteiger partial charge in [0.15, 0.2) is 0 Å². The van der Waals surface area contributed by atoms with E-state index in [9.17, 15) is 4.79 Å². The molecule has 2 aliphatic heterocycles. The molecule has 3 heterocycles. The topological polar surface area (TPSA) is 66.2 Å². The van der Waals surface area contributed by atoms with Crippen LogP contribution in [0.4, 0.5) is 4.79 Å². The average molecular weight is 313 g/mol. The van der Waals surface area contributed by atoms with Gasteiger partial charge in [0.05, 0.1) is 5.56 Å². The van der Waals surface area contributed by atoms with Gasteiger partial charge in [-0.1, -0.05) is 0 Å². The Balaban J connectivity index is 1.71. The molecule has 1 saturated carbocycles. The lowest BCUT2D eigenvalue weighted by Gasteiger charge is -2.49. The fraction of sp³-hybridized carbons (Fsp3) is 0.611. The maximum absolute atomic E-state index is 12.4. The van der Waals surface area contributed by atoms with Gasteiger partial charge in [-0.25, -0.2) is 4.79 Å². The standard InChI is InChI=1S/C18H23N3O2/c1-18(2,3)23-17(22)21-11-13-5-6-14(21)8-15(13)16-7-4-12(9-19)10-20-16/h4,7,10,13-15H,5-6,8,11H2,1-3H3. The number of carbonyl (C=O) groups is 1. The van der Waals surface area contributed by atoms with Gasteiger partial charge in [0.2, 0.25) is 0 Å². The zero-order valence-corrected chi connectivity index (χ0v) is 14.0. The zero-order chi connectivity index (χ0) is 16.6. The molecule has 1 amide bonds. The van der Waals surface area contributed by atoms with Gasteiger partial charge in [-0.15, -0.1) is 0 Å². The van der Waals surface area contributed by atoms with Gasteiger partial charge < -0.3 is 9.64 Å². The monoisotopic (exact) mass is 313 g/mol. The fourth-order valence-corrected chi connectivity index (χ4v) is 3.71. The summed E-state index contributed by atoms with van der Waals surface area (Å²) in [6.07, 6.45) is 4.54. The highest BCUT2D eigenvalue weighted by Crippen LogP contribution is 2.44. The number of nitriles is 1. The molecule has 0 aromatic carbocycles. The lowest BCUT2D eigenvalue weighted by Crippen LogP contribution is -2.54. The third-order valence-electron chi connectivity index (χ3n) is 4.76. The molecular formula is C18H23N3O2. The van der Waals surface area contributed by atoms with Crippen LogP contribution in [0.2, 0.25) is 0 Å². The summed E-state index contributed by atoms with van der Waals surface area (Å²) in [5.74, 6) is 0.799. The molecule has 1 aromatic rings. The molecule has 3 aliphatic rings. The average Bonchev–Trinajstić information content (AvgIpc) is 2.53. The first-order valence-electron chi connectivity index (χ1n) is 8.23. The van der Waals surface area contributed by atoms with E-state index in [0.717, 1.165) is 31.5 Å². The number of nitrogens with zero attached hydrogens (tertiary/aromatic N) is 3. The molecule has 2 saturated heterocycles. The van der Waals surface area contributed by atoms with E-state index in [4.69, 9.17) is 10.00 Å². The summed E-state index contributed by atoms with van der Waals surface area (Å²) in [5.41, 5.74) is 1.18. The lowest BCUT2D eigenvalue weighted by atomic mass is 9.70. The van der Waals surface area contributed by atoms with Crippen LogP contribution in [0, 0.1) is 17.2 Å². The SMILES string of the molecule is CC(C)(C)OC(=O)N1CC2CCC1CC2c1ccc(C#N)cn1. The summed E-state index contributed by atoms with van der Waals surface area (Å²) in [4.78, 5) is 18.7. The largest absolute Gasteiger partial charge is 0.444 e. The smallest absolute Gasteiger partial charge is 0.410 e. The summed E-state index contributed by atoms with van der Waals surface area (Å²) in [5, 5.41) is 8.88. The number of carbonyl (C=O) groups excluding carboxylic acids is 1. The molecule has 1 aromatic heterocycles. The zero-order valence-electron chi connectivity index (χ0n) is 14.0. The second kappa shape index (κ2) is 5.84. The van der Waals surface area contributed by atoms with Crippen molar-refractivity contribution in [1.82, 2.24) is 9.88 Å². The van der Waals surface area contributed by atoms with Crippen LogP contribution in [0.25, 0.3) is 0 Å². The summed E-state index contributed by atoms with van der Waals surface area (Å²) >= 11 is 0. The lowest BCUT2D eigenvalue weighted by molar-refractivity contribution is -0.0184. The molecule has 0 N–H and O–H groups in total. The highest BCUT2D eigenvalue weighted by molar-refractivity contribution is 5.69. The first kappa shape index (κ1) is 15.8. The van der Waals surface area contributed by atoms with Gasteiger partial charge in [0.1, 0.15) is 11.7 Å². The maximum atomic E-state index is 12.4. The number of fused-ring (bicyclic) bond motifs is 3. The van der Waals surface area contributed by atoms with Crippen LogP contribution in [-0.4, -0.2) is 34.2 Å². The van der Waals surface area contributed by atoms with Gasteiger partial charge in [0.25, 0.3) is 0 Å². The number of pyridine rings is 1. The van der Waals surface area contributed by atoms with Crippen molar-refractivity contribution in [2.75, 3.05) is 6.54 Å². The molecule has 3 atom stereocenters. The third kappa shape index (κ3) is 3.31. The fourth-order valence-electron chi connectivity index (χ4n) is 3.71. The summed E-state index contributed by atoms with van der Waals surface area (Å²) in [7, 11) is 0. The predicted molar refractivity (Wildman–Crippen MR) is 85.8 cm³/mol. The number of piperidine rings is 2. The summed E-state index contributed by atoms with van der Waals surface area (Å²) in [6.45, 7) is 6.44. The van der Waals surface area contributed by atoms with Crippen LogP contribution in [-0.2, 0) is 4.74 Å². The number of ether oxygens (including phenoxy) is 1. The molecule has 2 bridgehead atoms. The summed E-state index contributed by atoms with van der Waals surface area (Å²) < 4.78 is 5.54. The van der Waals surface area contributed by atoms with Crippen LogP contribution in [0.1, 0.15) is 57.2 Å². The Morgan fingerprint density at radius 3 is 2.70 bits per heavy atom. The number of rotatable bonds is 1. The van der Waals surface area contributed by atoms with Gasteiger partial charge in [0, 0.05) is 30.4 Å². The summed E-state index contributed by atoms with van der Waals surface area (Å²) in [6, 6.07) is 6.13. The third-order valence-corrected chi connectivity index (χ3v) is 4.76. The number of hydrogen-bond donors (Lipinski definition) is 0. The second-order valence-corrected chi connectivity index (χ2v) is 7.55. The first-order chi connectivity index (χ1) is 10.9. The molecule has 3 unspecified atom stereocenters. The second-order valence-electron chi connectivity index (χ2n) is 7.55. The van der Waals surface area contributed by atoms with Gasteiger partial charge in [-0.3, -0.25) is 4.98 Å². The maximum Gasteiger partial charge on any atom is 0.410 e. The minimum Gasteiger partial charge on any atom is -0.444 e. The van der Waals surface area contributed by atoms with Gasteiger partial charge in [-0.2, -0.15) is 5.26 Å². The van der Waals surface area contributed by atoms with Crippen molar-refractivity contribution in [3.05, 3.63) is 29.6 Å². The van der Waals surface area contributed by atoms with Crippen molar-refractivity contribution in [1.29, 1.82) is 5.26 Å². The Morgan fingerprint density at radius 2 is 2.17 bits per heavy atom. The Labute approximate surface area is 137 Å². The molecule has 4 rings (SSSR count). The van der Waals surface area contributed by atoms with Crippen LogP contribution in [0.5, 0.6) is 0 Å². The van der Waals surface area contributed by atoms with Gasteiger partial charge in [-0.05, 0) is 58.1 Å². The Bertz CT molecular complexity index is 627. The molecule has 5 nitrogen and oxygen atoms in total. The van der Waals surface area contributed by atoms with E-state index in [1.807, 2.05) is 37.8 Å². The van der Waals surface area contributed by atoms with Crippen LogP contribution < -0.4 is 0 Å². The van der Waals surface area contributed by atoms with E-state index in [-0.39, 0.29) is 12.1 Å². The molecule has 0 spiro atoms. The quantitative estimate of drug-likeness (QED) is 0.796. The first-order valence-corrected chi connectivity index (χ1v) is 8.23. The minimum atomic E-state index is -0.456. The van der Waals surface area contributed by atoms with E-state index in [1.54, 1.807) is 6.20 Å². The van der Waals surface area contributed by atoms with Crippen molar-refractivity contribution in [2.24, 2.45) is 5.92 Å². The van der Waals surface area contributed by atoms with E-state index < -0.39 is 5.60 Å². The molecule has 5 heteroatoms. The highest BCUT2D eigenvalue weighted by Gasteiger charge is 2.44. The Kier molecular flexibility index (Phi) is 4.01.